The van der Waals surface area contributed by atoms with Gasteiger partial charge in [-0.15, -0.1) is 11.3 Å². The largest absolute Gasteiger partial charge is 0.311 e. The zero-order valence-corrected chi connectivity index (χ0v) is 13.0. The van der Waals surface area contributed by atoms with Crippen molar-refractivity contribution in [3.05, 3.63) is 16.1 Å². The van der Waals surface area contributed by atoms with E-state index < -0.39 is 0 Å². The van der Waals surface area contributed by atoms with Gasteiger partial charge in [0.2, 0.25) is 0 Å². The molecule has 2 atom stereocenters. The van der Waals surface area contributed by atoms with Gasteiger partial charge in [-0.3, -0.25) is 4.90 Å². The summed E-state index contributed by atoms with van der Waals surface area (Å²) in [5, 5.41) is 4.84. The minimum Gasteiger partial charge on any atom is -0.311 e. The molecule has 1 aromatic rings. The van der Waals surface area contributed by atoms with Crippen molar-refractivity contribution in [2.45, 2.75) is 53.2 Å². The first-order valence-corrected chi connectivity index (χ1v) is 7.56. The van der Waals surface area contributed by atoms with Crippen molar-refractivity contribution in [1.29, 1.82) is 0 Å². The van der Waals surface area contributed by atoms with Crippen molar-refractivity contribution in [2.75, 3.05) is 13.1 Å². The second kappa shape index (κ2) is 5.27. The lowest BCUT2D eigenvalue weighted by Gasteiger charge is -2.43. The van der Waals surface area contributed by atoms with Crippen LogP contribution in [0.4, 0.5) is 0 Å². The topological polar surface area (TPSA) is 28.2 Å². The van der Waals surface area contributed by atoms with Gasteiger partial charge in [0.15, 0.2) is 0 Å². The molecule has 102 valence electrons. The van der Waals surface area contributed by atoms with E-state index in [4.69, 9.17) is 0 Å². The van der Waals surface area contributed by atoms with Crippen LogP contribution in [0.3, 0.4) is 0 Å². The molecule has 2 heterocycles. The summed E-state index contributed by atoms with van der Waals surface area (Å²) in [5.74, 6) is 0. The van der Waals surface area contributed by atoms with E-state index in [1.165, 1.54) is 9.88 Å². The molecule has 0 radical (unpaired) electrons. The maximum atomic E-state index is 4.35. The number of rotatable bonds is 2. The molecular formula is C14H25N3S. The van der Waals surface area contributed by atoms with Gasteiger partial charge in [-0.1, -0.05) is 20.8 Å². The predicted molar refractivity (Wildman–Crippen MR) is 78.0 cm³/mol. The zero-order valence-electron chi connectivity index (χ0n) is 12.2. The number of piperazine rings is 1. The molecular weight excluding hydrogens is 242 g/mol. The minimum absolute atomic E-state index is 0.321. The lowest BCUT2D eigenvalue weighted by atomic mass is 9.85. The summed E-state index contributed by atoms with van der Waals surface area (Å²) in [6.45, 7) is 14.6. The van der Waals surface area contributed by atoms with E-state index >= 15 is 0 Å². The number of hydrogen-bond donors (Lipinski definition) is 1. The molecule has 2 unspecified atom stereocenters. The van der Waals surface area contributed by atoms with Gasteiger partial charge in [0.1, 0.15) is 0 Å². The van der Waals surface area contributed by atoms with Gasteiger partial charge in [0.25, 0.3) is 0 Å². The standard InChI is InChI=1S/C14H25N3S/c1-10-6-16-13(14(3,4)5)9-17(10)8-12-7-15-11(2)18-12/h7,10,13,16H,6,8-9H2,1-5H3. The molecule has 3 nitrogen and oxygen atoms in total. The molecule has 0 spiro atoms. The maximum absolute atomic E-state index is 4.35. The molecule has 1 aromatic heterocycles. The molecule has 1 saturated heterocycles. The Morgan fingerprint density at radius 3 is 2.78 bits per heavy atom. The van der Waals surface area contributed by atoms with E-state index in [0.717, 1.165) is 19.6 Å². The molecule has 1 N–H and O–H groups in total. The highest BCUT2D eigenvalue weighted by molar-refractivity contribution is 7.11. The highest BCUT2D eigenvalue weighted by Crippen LogP contribution is 2.25. The second-order valence-electron chi connectivity index (χ2n) is 6.45. The Morgan fingerprint density at radius 1 is 1.50 bits per heavy atom. The van der Waals surface area contributed by atoms with Crippen molar-refractivity contribution in [2.24, 2.45) is 5.41 Å². The Balaban J connectivity index is 2.02. The number of nitrogens with one attached hydrogen (secondary N) is 1. The van der Waals surface area contributed by atoms with Gasteiger partial charge in [0, 0.05) is 42.8 Å². The van der Waals surface area contributed by atoms with E-state index in [9.17, 15) is 0 Å². The van der Waals surface area contributed by atoms with E-state index in [-0.39, 0.29) is 0 Å². The third kappa shape index (κ3) is 3.31. The van der Waals surface area contributed by atoms with Crippen molar-refractivity contribution in [1.82, 2.24) is 15.2 Å². The Hall–Kier alpha value is -0.450. The van der Waals surface area contributed by atoms with E-state index in [2.05, 4.69) is 49.8 Å². The fourth-order valence-corrected chi connectivity index (χ4v) is 3.22. The van der Waals surface area contributed by atoms with Gasteiger partial charge in [0.05, 0.1) is 5.01 Å². The summed E-state index contributed by atoms with van der Waals surface area (Å²) >= 11 is 1.82. The fourth-order valence-electron chi connectivity index (χ4n) is 2.40. The number of aryl methyl sites for hydroxylation is 1. The van der Waals surface area contributed by atoms with Crippen LogP contribution in [0.1, 0.15) is 37.6 Å². The van der Waals surface area contributed by atoms with Crippen molar-refractivity contribution >= 4 is 11.3 Å². The molecule has 18 heavy (non-hydrogen) atoms. The molecule has 1 aliphatic heterocycles. The van der Waals surface area contributed by atoms with Crippen molar-refractivity contribution in [3.63, 3.8) is 0 Å². The van der Waals surface area contributed by atoms with Gasteiger partial charge >= 0.3 is 0 Å². The zero-order chi connectivity index (χ0) is 13.3. The number of nitrogens with zero attached hydrogens (tertiary/aromatic N) is 2. The molecule has 0 amide bonds. The Labute approximate surface area is 115 Å². The number of aromatic nitrogens is 1. The normalized spacial score (nSPS) is 26.5. The fraction of sp³-hybridized carbons (Fsp3) is 0.786. The summed E-state index contributed by atoms with van der Waals surface area (Å²) in [4.78, 5) is 8.32. The number of hydrogen-bond acceptors (Lipinski definition) is 4. The summed E-state index contributed by atoms with van der Waals surface area (Å²) in [6, 6.07) is 1.17. The second-order valence-corrected chi connectivity index (χ2v) is 7.77. The summed E-state index contributed by atoms with van der Waals surface area (Å²) < 4.78 is 0. The van der Waals surface area contributed by atoms with Crippen LogP contribution in [0, 0.1) is 12.3 Å². The highest BCUT2D eigenvalue weighted by Gasteiger charge is 2.32. The third-order valence-electron chi connectivity index (χ3n) is 3.77. The first-order valence-electron chi connectivity index (χ1n) is 6.75. The van der Waals surface area contributed by atoms with E-state index in [1.54, 1.807) is 0 Å². The number of thiazole rings is 1. The van der Waals surface area contributed by atoms with Crippen LogP contribution in [0.2, 0.25) is 0 Å². The average Bonchev–Trinajstić information content (AvgIpc) is 2.66. The van der Waals surface area contributed by atoms with Crippen LogP contribution < -0.4 is 5.32 Å². The third-order valence-corrected chi connectivity index (χ3v) is 4.67. The summed E-state index contributed by atoms with van der Waals surface area (Å²) in [6.07, 6.45) is 2.03. The maximum Gasteiger partial charge on any atom is 0.0897 e. The highest BCUT2D eigenvalue weighted by atomic mass is 32.1. The lowest BCUT2D eigenvalue weighted by Crippen LogP contribution is -2.59. The molecule has 1 fully saturated rings. The SMILES string of the molecule is Cc1ncc(CN2CC(C(C)(C)C)NCC2C)s1. The van der Waals surface area contributed by atoms with Crippen LogP contribution in [-0.2, 0) is 6.54 Å². The summed E-state index contributed by atoms with van der Waals surface area (Å²) in [7, 11) is 0. The average molecular weight is 267 g/mol. The minimum atomic E-state index is 0.321. The molecule has 0 aromatic carbocycles. The molecule has 2 rings (SSSR count). The van der Waals surface area contributed by atoms with E-state index in [0.29, 0.717) is 17.5 Å². The Kier molecular flexibility index (Phi) is 4.09. The first-order chi connectivity index (χ1) is 8.36. The van der Waals surface area contributed by atoms with Gasteiger partial charge < -0.3 is 5.32 Å². The van der Waals surface area contributed by atoms with Crippen molar-refractivity contribution in [3.8, 4) is 0 Å². The Morgan fingerprint density at radius 2 is 2.22 bits per heavy atom. The van der Waals surface area contributed by atoms with Crippen LogP contribution in [0.5, 0.6) is 0 Å². The molecule has 4 heteroatoms. The van der Waals surface area contributed by atoms with Gasteiger partial charge in [-0.2, -0.15) is 0 Å². The lowest BCUT2D eigenvalue weighted by molar-refractivity contribution is 0.0885. The van der Waals surface area contributed by atoms with Crippen LogP contribution >= 0.6 is 11.3 Å². The van der Waals surface area contributed by atoms with E-state index in [1.807, 2.05) is 17.5 Å². The monoisotopic (exact) mass is 267 g/mol. The molecule has 1 aliphatic rings. The van der Waals surface area contributed by atoms with Crippen LogP contribution in [-0.4, -0.2) is 35.1 Å². The van der Waals surface area contributed by atoms with Crippen LogP contribution in [0.15, 0.2) is 6.20 Å². The smallest absolute Gasteiger partial charge is 0.0897 e. The van der Waals surface area contributed by atoms with Gasteiger partial charge in [-0.05, 0) is 19.3 Å². The quantitative estimate of drug-likeness (QED) is 0.893. The summed E-state index contributed by atoms with van der Waals surface area (Å²) in [5.41, 5.74) is 0.321. The molecule has 0 aliphatic carbocycles. The molecule has 0 saturated carbocycles. The van der Waals surface area contributed by atoms with Gasteiger partial charge in [-0.25, -0.2) is 4.98 Å². The first kappa shape index (κ1) is 14.0. The predicted octanol–water partition coefficient (Wildman–Crippen LogP) is 2.66. The van der Waals surface area contributed by atoms with Crippen molar-refractivity contribution < 1.29 is 0 Å². The van der Waals surface area contributed by atoms with Crippen LogP contribution in [0.25, 0.3) is 0 Å². The molecule has 0 bridgehead atoms. The Bertz CT molecular complexity index is 394.